The van der Waals surface area contributed by atoms with E-state index in [1.54, 1.807) is 0 Å². The van der Waals surface area contributed by atoms with Gasteiger partial charge in [-0.1, -0.05) is 6.07 Å². The monoisotopic (exact) mass is 318 g/mol. The lowest BCUT2D eigenvalue weighted by Gasteiger charge is -2.26. The van der Waals surface area contributed by atoms with Crippen molar-refractivity contribution in [1.82, 2.24) is 15.2 Å². The highest BCUT2D eigenvalue weighted by atomic mass is 16.5. The molecule has 0 atom stereocenters. The van der Waals surface area contributed by atoms with Gasteiger partial charge in [0, 0.05) is 39.5 Å². The van der Waals surface area contributed by atoms with Gasteiger partial charge in [0.25, 0.3) is 0 Å². The van der Waals surface area contributed by atoms with Gasteiger partial charge in [0.15, 0.2) is 5.96 Å². The Balaban J connectivity index is 1.90. The van der Waals surface area contributed by atoms with E-state index in [0.717, 1.165) is 43.9 Å². The third-order valence-corrected chi connectivity index (χ3v) is 4.41. The van der Waals surface area contributed by atoms with Gasteiger partial charge in [-0.25, -0.2) is 4.99 Å². The largest absolute Gasteiger partial charge is 0.381 e. The lowest BCUT2D eigenvalue weighted by atomic mass is 9.96. The SMILES string of the molecule is CCNC(=NCc1ncccc1C)N(C)CCC1CCOCC1. The summed E-state index contributed by atoms with van der Waals surface area (Å²) in [6.07, 6.45) is 5.41. The summed E-state index contributed by atoms with van der Waals surface area (Å²) in [4.78, 5) is 11.4. The smallest absolute Gasteiger partial charge is 0.194 e. The molecule has 1 N–H and O–H groups in total. The zero-order valence-electron chi connectivity index (χ0n) is 14.7. The van der Waals surface area contributed by atoms with Crippen LogP contribution in [-0.4, -0.2) is 49.2 Å². The van der Waals surface area contributed by atoms with Gasteiger partial charge in [-0.05, 0) is 50.7 Å². The molecule has 1 aliphatic rings. The minimum atomic E-state index is 0.622. The standard InChI is InChI=1S/C18H30N4O/c1-4-19-18(21-14-17-15(2)6-5-10-20-17)22(3)11-7-16-8-12-23-13-9-16/h5-6,10,16H,4,7-9,11-14H2,1-3H3,(H,19,21). The van der Waals surface area contributed by atoms with Crippen LogP contribution in [0, 0.1) is 12.8 Å². The second-order valence-electron chi connectivity index (χ2n) is 6.20. The van der Waals surface area contributed by atoms with Crippen molar-refractivity contribution < 1.29 is 4.74 Å². The summed E-state index contributed by atoms with van der Waals surface area (Å²) < 4.78 is 5.43. The van der Waals surface area contributed by atoms with Crippen LogP contribution in [0.5, 0.6) is 0 Å². The second-order valence-corrected chi connectivity index (χ2v) is 6.20. The van der Waals surface area contributed by atoms with E-state index in [1.807, 2.05) is 12.3 Å². The van der Waals surface area contributed by atoms with Crippen LogP contribution in [0.25, 0.3) is 0 Å². The van der Waals surface area contributed by atoms with E-state index < -0.39 is 0 Å². The van der Waals surface area contributed by atoms with Gasteiger partial charge in [-0.3, -0.25) is 4.98 Å². The number of aryl methyl sites for hydroxylation is 1. The Kier molecular flexibility index (Phi) is 7.33. The maximum absolute atomic E-state index is 5.43. The van der Waals surface area contributed by atoms with Crippen LogP contribution >= 0.6 is 0 Å². The molecule has 1 aromatic rings. The highest BCUT2D eigenvalue weighted by Gasteiger charge is 2.15. The number of nitrogens with one attached hydrogen (secondary N) is 1. The lowest BCUT2D eigenvalue weighted by Crippen LogP contribution is -2.40. The van der Waals surface area contributed by atoms with E-state index in [4.69, 9.17) is 9.73 Å². The van der Waals surface area contributed by atoms with Gasteiger partial charge in [0.1, 0.15) is 0 Å². The van der Waals surface area contributed by atoms with Crippen molar-refractivity contribution in [2.75, 3.05) is 33.4 Å². The highest BCUT2D eigenvalue weighted by molar-refractivity contribution is 5.79. The number of hydrogen-bond donors (Lipinski definition) is 1. The fourth-order valence-corrected chi connectivity index (χ4v) is 2.82. The van der Waals surface area contributed by atoms with Gasteiger partial charge in [0.2, 0.25) is 0 Å². The Hall–Kier alpha value is -1.62. The van der Waals surface area contributed by atoms with Crippen LogP contribution in [0.15, 0.2) is 23.3 Å². The fourth-order valence-electron chi connectivity index (χ4n) is 2.82. The summed E-state index contributed by atoms with van der Waals surface area (Å²) >= 11 is 0. The fraction of sp³-hybridized carbons (Fsp3) is 0.667. The Morgan fingerprint density at radius 2 is 2.22 bits per heavy atom. The first-order valence-corrected chi connectivity index (χ1v) is 8.68. The number of hydrogen-bond acceptors (Lipinski definition) is 3. The summed E-state index contributed by atoms with van der Waals surface area (Å²) in [7, 11) is 2.12. The highest BCUT2D eigenvalue weighted by Crippen LogP contribution is 2.18. The van der Waals surface area contributed by atoms with Gasteiger partial charge >= 0.3 is 0 Å². The topological polar surface area (TPSA) is 49.8 Å². The van der Waals surface area contributed by atoms with Crippen LogP contribution in [0.3, 0.4) is 0 Å². The molecule has 0 radical (unpaired) electrons. The summed E-state index contributed by atoms with van der Waals surface area (Å²) in [6, 6.07) is 4.05. The van der Waals surface area contributed by atoms with Crippen molar-refractivity contribution in [1.29, 1.82) is 0 Å². The molecule has 2 rings (SSSR count). The normalized spacial score (nSPS) is 16.4. The molecule has 0 aliphatic carbocycles. The Bertz CT molecular complexity index is 498. The Morgan fingerprint density at radius 3 is 2.91 bits per heavy atom. The van der Waals surface area contributed by atoms with Gasteiger partial charge in [0.05, 0.1) is 12.2 Å². The minimum Gasteiger partial charge on any atom is -0.381 e. The minimum absolute atomic E-state index is 0.622. The first kappa shape index (κ1) is 17.7. The van der Waals surface area contributed by atoms with Crippen molar-refractivity contribution in [3.63, 3.8) is 0 Å². The van der Waals surface area contributed by atoms with Crippen LogP contribution in [0.1, 0.15) is 37.4 Å². The van der Waals surface area contributed by atoms with E-state index in [-0.39, 0.29) is 0 Å². The van der Waals surface area contributed by atoms with Crippen molar-refractivity contribution in [2.24, 2.45) is 10.9 Å². The number of nitrogens with zero attached hydrogens (tertiary/aromatic N) is 3. The molecule has 0 amide bonds. The van der Waals surface area contributed by atoms with Crippen molar-refractivity contribution in [2.45, 2.75) is 39.7 Å². The molecule has 0 aromatic carbocycles. The van der Waals surface area contributed by atoms with Crippen LogP contribution < -0.4 is 5.32 Å². The van der Waals surface area contributed by atoms with E-state index in [0.29, 0.717) is 6.54 Å². The first-order valence-electron chi connectivity index (χ1n) is 8.68. The molecular weight excluding hydrogens is 288 g/mol. The third kappa shape index (κ3) is 5.82. The average Bonchev–Trinajstić information content (AvgIpc) is 2.58. The molecule has 0 unspecified atom stereocenters. The number of pyridine rings is 1. The number of ether oxygens (including phenoxy) is 1. The molecule has 23 heavy (non-hydrogen) atoms. The predicted octanol–water partition coefficient (Wildman–Crippen LogP) is 2.60. The quantitative estimate of drug-likeness (QED) is 0.647. The van der Waals surface area contributed by atoms with Crippen LogP contribution in [0.4, 0.5) is 0 Å². The van der Waals surface area contributed by atoms with Crippen LogP contribution in [0.2, 0.25) is 0 Å². The van der Waals surface area contributed by atoms with Gasteiger partial charge < -0.3 is 15.0 Å². The second kappa shape index (κ2) is 9.50. The number of aromatic nitrogens is 1. The molecule has 128 valence electrons. The van der Waals surface area contributed by atoms with Crippen LogP contribution in [-0.2, 0) is 11.3 Å². The number of guanidine groups is 1. The molecule has 1 saturated heterocycles. The van der Waals surface area contributed by atoms with E-state index in [9.17, 15) is 0 Å². The van der Waals surface area contributed by atoms with Gasteiger partial charge in [-0.15, -0.1) is 0 Å². The molecule has 0 bridgehead atoms. The summed E-state index contributed by atoms with van der Waals surface area (Å²) in [5, 5.41) is 3.38. The Labute approximate surface area is 140 Å². The van der Waals surface area contributed by atoms with Gasteiger partial charge in [-0.2, -0.15) is 0 Å². The zero-order chi connectivity index (χ0) is 16.5. The maximum atomic E-state index is 5.43. The molecule has 0 spiro atoms. The molecule has 0 saturated carbocycles. The molecule has 5 heteroatoms. The summed E-state index contributed by atoms with van der Waals surface area (Å²) in [5.41, 5.74) is 2.23. The zero-order valence-corrected chi connectivity index (χ0v) is 14.7. The Morgan fingerprint density at radius 1 is 1.43 bits per heavy atom. The van der Waals surface area contributed by atoms with Crippen molar-refractivity contribution in [3.05, 3.63) is 29.6 Å². The third-order valence-electron chi connectivity index (χ3n) is 4.41. The predicted molar refractivity (Wildman–Crippen MR) is 94.6 cm³/mol. The average molecular weight is 318 g/mol. The molecule has 2 heterocycles. The summed E-state index contributed by atoms with van der Waals surface area (Å²) in [6.45, 7) is 8.55. The van der Waals surface area contributed by atoms with Crippen molar-refractivity contribution in [3.8, 4) is 0 Å². The molecule has 1 fully saturated rings. The summed E-state index contributed by atoms with van der Waals surface area (Å²) in [5.74, 6) is 1.75. The molecule has 1 aromatic heterocycles. The number of aliphatic imine (C=N–C) groups is 1. The first-order chi connectivity index (χ1) is 11.2. The van der Waals surface area contributed by atoms with E-state index in [1.165, 1.54) is 24.8 Å². The number of rotatable bonds is 6. The van der Waals surface area contributed by atoms with E-state index >= 15 is 0 Å². The van der Waals surface area contributed by atoms with Crippen molar-refractivity contribution >= 4 is 5.96 Å². The molecule has 5 nitrogen and oxygen atoms in total. The van der Waals surface area contributed by atoms with E-state index in [2.05, 4.69) is 42.2 Å². The maximum Gasteiger partial charge on any atom is 0.194 e. The molecular formula is C18H30N4O. The molecule has 1 aliphatic heterocycles. The lowest BCUT2D eigenvalue weighted by molar-refractivity contribution is 0.0625.